The molecule has 0 bridgehead atoms. The van der Waals surface area contributed by atoms with Gasteiger partial charge in [-0.15, -0.1) is 6.58 Å². The van der Waals surface area contributed by atoms with Crippen LogP contribution in [0.4, 0.5) is 0 Å². The fraction of sp³-hybridized carbons (Fsp3) is 0.429. The number of hydrogen-bond donors (Lipinski definition) is 2. The molecule has 0 saturated heterocycles. The molecule has 0 amide bonds. The predicted octanol–water partition coefficient (Wildman–Crippen LogP) is 0.472. The zero-order valence-electron chi connectivity index (χ0n) is 5.33. The Morgan fingerprint density at radius 1 is 1.56 bits per heavy atom. The van der Waals surface area contributed by atoms with Crippen LogP contribution in [-0.2, 0) is 0 Å². The van der Waals surface area contributed by atoms with Crippen molar-refractivity contribution >= 4 is 0 Å². The van der Waals surface area contributed by atoms with E-state index in [2.05, 4.69) is 6.58 Å². The van der Waals surface area contributed by atoms with Gasteiger partial charge in [0.1, 0.15) is 0 Å². The second-order valence-electron chi connectivity index (χ2n) is 1.67. The summed E-state index contributed by atoms with van der Waals surface area (Å²) >= 11 is 0. The van der Waals surface area contributed by atoms with Crippen LogP contribution in [0.25, 0.3) is 0 Å². The van der Waals surface area contributed by atoms with E-state index in [1.54, 1.807) is 12.2 Å². The summed E-state index contributed by atoms with van der Waals surface area (Å²) in [4.78, 5) is 0. The van der Waals surface area contributed by atoms with Gasteiger partial charge in [0, 0.05) is 6.61 Å². The predicted molar refractivity (Wildman–Crippen MR) is 37.0 cm³/mol. The summed E-state index contributed by atoms with van der Waals surface area (Å²) < 4.78 is 0. The SMILES string of the molecule is C=CC(O)C=CCCO. The zero-order chi connectivity index (χ0) is 7.11. The molecule has 0 rings (SSSR count). The lowest BCUT2D eigenvalue weighted by molar-refractivity contribution is 0.270. The van der Waals surface area contributed by atoms with Gasteiger partial charge >= 0.3 is 0 Å². The van der Waals surface area contributed by atoms with E-state index < -0.39 is 6.10 Å². The third kappa shape index (κ3) is 5.27. The summed E-state index contributed by atoms with van der Waals surface area (Å²) in [5.41, 5.74) is 0. The fourth-order valence-corrected chi connectivity index (χ4v) is 0.389. The maximum atomic E-state index is 8.80. The van der Waals surface area contributed by atoms with Crippen LogP contribution in [0.1, 0.15) is 6.42 Å². The van der Waals surface area contributed by atoms with Gasteiger partial charge < -0.3 is 10.2 Å². The minimum absolute atomic E-state index is 0.125. The van der Waals surface area contributed by atoms with Crippen LogP contribution < -0.4 is 0 Å². The van der Waals surface area contributed by atoms with Crippen molar-refractivity contribution in [2.24, 2.45) is 0 Å². The number of hydrogen-bond acceptors (Lipinski definition) is 2. The molecule has 0 radical (unpaired) electrons. The molecule has 0 aromatic rings. The first-order valence-electron chi connectivity index (χ1n) is 2.89. The highest BCUT2D eigenvalue weighted by Crippen LogP contribution is 1.88. The van der Waals surface area contributed by atoms with Gasteiger partial charge in [-0.25, -0.2) is 0 Å². The molecule has 2 N–H and O–H groups in total. The van der Waals surface area contributed by atoms with Crippen molar-refractivity contribution in [1.29, 1.82) is 0 Å². The Morgan fingerprint density at radius 2 is 2.22 bits per heavy atom. The first-order valence-corrected chi connectivity index (χ1v) is 2.89. The van der Waals surface area contributed by atoms with Crippen LogP contribution in [0.15, 0.2) is 24.8 Å². The highest BCUT2D eigenvalue weighted by Gasteiger charge is 1.85. The average Bonchev–Trinajstić information content (AvgIpc) is 1.89. The molecule has 52 valence electrons. The lowest BCUT2D eigenvalue weighted by atomic mass is 10.3. The molecular weight excluding hydrogens is 116 g/mol. The molecule has 1 atom stereocenters. The Labute approximate surface area is 55.1 Å². The molecule has 0 aliphatic carbocycles. The van der Waals surface area contributed by atoms with Gasteiger partial charge in [-0.1, -0.05) is 18.2 Å². The van der Waals surface area contributed by atoms with Gasteiger partial charge in [-0.05, 0) is 6.42 Å². The number of aliphatic hydroxyl groups excluding tert-OH is 2. The van der Waals surface area contributed by atoms with Gasteiger partial charge in [0.15, 0.2) is 0 Å². The van der Waals surface area contributed by atoms with Crippen LogP contribution in [0.3, 0.4) is 0 Å². The van der Waals surface area contributed by atoms with E-state index in [-0.39, 0.29) is 6.61 Å². The quantitative estimate of drug-likeness (QED) is 0.540. The Hall–Kier alpha value is -0.600. The van der Waals surface area contributed by atoms with Crippen LogP contribution in [0.5, 0.6) is 0 Å². The standard InChI is InChI=1S/C7H12O2/c1-2-7(9)5-3-4-6-8/h2-3,5,7-9H,1,4,6H2. The van der Waals surface area contributed by atoms with E-state index in [0.29, 0.717) is 6.42 Å². The molecule has 9 heavy (non-hydrogen) atoms. The maximum Gasteiger partial charge on any atom is 0.0900 e. The molecule has 0 saturated carbocycles. The average molecular weight is 128 g/mol. The summed E-state index contributed by atoms with van der Waals surface area (Å²) in [6.45, 7) is 3.50. The summed E-state index contributed by atoms with van der Waals surface area (Å²) in [6.07, 6.45) is 4.74. The second kappa shape index (κ2) is 5.54. The van der Waals surface area contributed by atoms with Crippen molar-refractivity contribution in [2.45, 2.75) is 12.5 Å². The molecule has 0 aromatic carbocycles. The Balaban J connectivity index is 3.31. The van der Waals surface area contributed by atoms with Crippen molar-refractivity contribution in [3.63, 3.8) is 0 Å². The Kier molecular flexibility index (Phi) is 5.17. The number of aliphatic hydroxyl groups is 2. The van der Waals surface area contributed by atoms with E-state index in [9.17, 15) is 0 Å². The third-order valence-corrected chi connectivity index (χ3v) is 0.871. The summed E-state index contributed by atoms with van der Waals surface area (Å²) in [6, 6.07) is 0. The van der Waals surface area contributed by atoms with Crippen LogP contribution in [0, 0.1) is 0 Å². The molecule has 0 heterocycles. The van der Waals surface area contributed by atoms with E-state index in [1.807, 2.05) is 0 Å². The van der Waals surface area contributed by atoms with E-state index in [4.69, 9.17) is 10.2 Å². The lowest BCUT2D eigenvalue weighted by Gasteiger charge is -1.92. The summed E-state index contributed by atoms with van der Waals surface area (Å²) in [5, 5.41) is 17.1. The number of rotatable bonds is 4. The largest absolute Gasteiger partial charge is 0.396 e. The van der Waals surface area contributed by atoms with Gasteiger partial charge in [0.25, 0.3) is 0 Å². The van der Waals surface area contributed by atoms with Crippen molar-refractivity contribution in [3.05, 3.63) is 24.8 Å². The monoisotopic (exact) mass is 128 g/mol. The summed E-state index contributed by atoms with van der Waals surface area (Å²) in [7, 11) is 0. The van der Waals surface area contributed by atoms with E-state index >= 15 is 0 Å². The third-order valence-electron chi connectivity index (χ3n) is 0.871. The molecule has 1 unspecified atom stereocenters. The Morgan fingerprint density at radius 3 is 2.67 bits per heavy atom. The molecule has 2 nitrogen and oxygen atoms in total. The second-order valence-corrected chi connectivity index (χ2v) is 1.67. The van der Waals surface area contributed by atoms with E-state index in [0.717, 1.165) is 0 Å². The molecule has 0 aliphatic heterocycles. The summed E-state index contributed by atoms with van der Waals surface area (Å²) in [5.74, 6) is 0. The van der Waals surface area contributed by atoms with Crippen molar-refractivity contribution < 1.29 is 10.2 Å². The highest BCUT2D eigenvalue weighted by molar-refractivity contribution is 4.97. The molecule has 0 fully saturated rings. The zero-order valence-corrected chi connectivity index (χ0v) is 5.33. The molecular formula is C7H12O2. The normalized spacial score (nSPS) is 14.0. The first kappa shape index (κ1) is 8.40. The fourth-order valence-electron chi connectivity index (χ4n) is 0.389. The topological polar surface area (TPSA) is 40.5 Å². The van der Waals surface area contributed by atoms with Gasteiger partial charge in [0.05, 0.1) is 6.10 Å². The smallest absolute Gasteiger partial charge is 0.0900 e. The maximum absolute atomic E-state index is 8.80. The van der Waals surface area contributed by atoms with Crippen LogP contribution in [0.2, 0.25) is 0 Å². The van der Waals surface area contributed by atoms with Gasteiger partial charge in [0.2, 0.25) is 0 Å². The molecule has 0 aromatic heterocycles. The van der Waals surface area contributed by atoms with Crippen molar-refractivity contribution in [3.8, 4) is 0 Å². The van der Waals surface area contributed by atoms with Crippen molar-refractivity contribution in [1.82, 2.24) is 0 Å². The molecule has 2 heteroatoms. The minimum Gasteiger partial charge on any atom is -0.396 e. The first-order chi connectivity index (χ1) is 4.31. The Bertz CT molecular complexity index is 97.1. The van der Waals surface area contributed by atoms with Crippen molar-refractivity contribution in [2.75, 3.05) is 6.61 Å². The van der Waals surface area contributed by atoms with Gasteiger partial charge in [-0.3, -0.25) is 0 Å². The highest BCUT2D eigenvalue weighted by atomic mass is 16.3. The van der Waals surface area contributed by atoms with E-state index in [1.165, 1.54) is 6.08 Å². The van der Waals surface area contributed by atoms with Crippen LogP contribution >= 0.6 is 0 Å². The molecule has 0 aliphatic rings. The lowest BCUT2D eigenvalue weighted by Crippen LogP contribution is -1.94. The minimum atomic E-state index is -0.573. The molecule has 0 spiro atoms. The van der Waals surface area contributed by atoms with Gasteiger partial charge in [-0.2, -0.15) is 0 Å². The van der Waals surface area contributed by atoms with Crippen LogP contribution in [-0.4, -0.2) is 22.9 Å².